The first-order chi connectivity index (χ1) is 7.75. The fraction of sp³-hybridized carbons (Fsp3) is 0.0909. The van der Waals surface area contributed by atoms with Crippen LogP contribution in [0.5, 0.6) is 0 Å². The second-order valence-electron chi connectivity index (χ2n) is 3.28. The van der Waals surface area contributed by atoms with Gasteiger partial charge in [0.2, 0.25) is 0 Å². The number of carbonyl (C=O) groups excluding carboxylic acids is 1. The first kappa shape index (κ1) is 10.9. The number of hydrogen-bond acceptors (Lipinski definition) is 2. The lowest BCUT2D eigenvalue weighted by Crippen LogP contribution is -2.23. The van der Waals surface area contributed by atoms with Gasteiger partial charge in [-0.1, -0.05) is 6.07 Å². The molecule has 16 heavy (non-hydrogen) atoms. The summed E-state index contributed by atoms with van der Waals surface area (Å²) in [4.78, 5) is 18.5. The maximum Gasteiger partial charge on any atom is 0.268 e. The molecule has 0 spiro atoms. The van der Waals surface area contributed by atoms with Gasteiger partial charge in [0, 0.05) is 29.6 Å². The summed E-state index contributed by atoms with van der Waals surface area (Å²) in [7, 11) is 0. The molecular weight excluding hydrogens is 270 g/mol. The maximum atomic E-state index is 11.6. The van der Waals surface area contributed by atoms with E-state index in [-0.39, 0.29) is 5.91 Å². The number of nitrogens with zero attached hydrogens (tertiary/aromatic N) is 1. The molecule has 0 fully saturated rings. The van der Waals surface area contributed by atoms with Crippen molar-refractivity contribution in [3.8, 4) is 0 Å². The highest BCUT2D eigenvalue weighted by Gasteiger charge is 2.06. The third kappa shape index (κ3) is 2.70. The number of pyridine rings is 1. The molecule has 2 N–H and O–H groups in total. The summed E-state index contributed by atoms with van der Waals surface area (Å²) in [6, 6.07) is 5.49. The molecule has 0 aliphatic carbocycles. The molecule has 2 aromatic rings. The fourth-order valence-corrected chi connectivity index (χ4v) is 1.62. The van der Waals surface area contributed by atoms with Crippen LogP contribution in [0.2, 0.25) is 0 Å². The van der Waals surface area contributed by atoms with Crippen LogP contribution in [0.4, 0.5) is 0 Å². The van der Waals surface area contributed by atoms with Crippen molar-refractivity contribution < 1.29 is 4.79 Å². The molecule has 2 aromatic heterocycles. The average molecular weight is 280 g/mol. The maximum absolute atomic E-state index is 11.6. The number of carbonyl (C=O) groups is 1. The Balaban J connectivity index is 1.94. The van der Waals surface area contributed by atoms with Crippen LogP contribution in [0.15, 0.2) is 41.3 Å². The number of hydrogen-bond donors (Lipinski definition) is 2. The fourth-order valence-electron chi connectivity index (χ4n) is 1.28. The largest absolute Gasteiger partial charge is 0.356 e. The van der Waals surface area contributed by atoms with E-state index in [0.717, 1.165) is 10.0 Å². The summed E-state index contributed by atoms with van der Waals surface area (Å²) in [5, 5.41) is 2.80. The van der Waals surface area contributed by atoms with Crippen LogP contribution in [0.3, 0.4) is 0 Å². The van der Waals surface area contributed by atoms with E-state index in [1.165, 1.54) is 0 Å². The Labute approximate surface area is 101 Å². The molecule has 0 bridgehead atoms. The molecule has 1 amide bonds. The number of amides is 1. The van der Waals surface area contributed by atoms with Gasteiger partial charge < -0.3 is 10.3 Å². The SMILES string of the molecule is O=C(NCc1cccnc1)c1cc(Br)c[nH]1. The molecule has 0 saturated carbocycles. The van der Waals surface area contributed by atoms with E-state index in [2.05, 4.69) is 31.2 Å². The van der Waals surface area contributed by atoms with Gasteiger partial charge in [-0.3, -0.25) is 9.78 Å². The Bertz CT molecular complexity index is 481. The average Bonchev–Trinajstić information content (AvgIpc) is 2.74. The summed E-state index contributed by atoms with van der Waals surface area (Å²) in [6.45, 7) is 0.476. The van der Waals surface area contributed by atoms with Crippen molar-refractivity contribution >= 4 is 21.8 Å². The van der Waals surface area contributed by atoms with Gasteiger partial charge in [0.05, 0.1) is 0 Å². The normalized spacial score (nSPS) is 10.1. The van der Waals surface area contributed by atoms with E-state index in [1.807, 2.05) is 12.1 Å². The van der Waals surface area contributed by atoms with Gasteiger partial charge in [0.25, 0.3) is 5.91 Å². The van der Waals surface area contributed by atoms with Crippen molar-refractivity contribution in [3.63, 3.8) is 0 Å². The zero-order valence-electron chi connectivity index (χ0n) is 8.40. The standard InChI is InChI=1S/C11H10BrN3O/c12-9-4-10(14-7-9)11(16)15-6-8-2-1-3-13-5-8/h1-5,7,14H,6H2,(H,15,16). The van der Waals surface area contributed by atoms with Crippen LogP contribution in [-0.4, -0.2) is 15.9 Å². The van der Waals surface area contributed by atoms with Gasteiger partial charge in [-0.25, -0.2) is 0 Å². The summed E-state index contributed by atoms with van der Waals surface area (Å²) in [6.07, 6.45) is 5.15. The van der Waals surface area contributed by atoms with E-state index in [0.29, 0.717) is 12.2 Å². The topological polar surface area (TPSA) is 57.8 Å². The molecule has 0 aliphatic heterocycles. The van der Waals surface area contributed by atoms with E-state index < -0.39 is 0 Å². The molecule has 0 saturated heterocycles. The lowest BCUT2D eigenvalue weighted by molar-refractivity contribution is 0.0946. The first-order valence-electron chi connectivity index (χ1n) is 4.77. The van der Waals surface area contributed by atoms with Crippen LogP contribution in [0, 0.1) is 0 Å². The van der Waals surface area contributed by atoms with E-state index in [9.17, 15) is 4.79 Å². The molecule has 0 radical (unpaired) electrons. The van der Waals surface area contributed by atoms with Crippen LogP contribution in [0.1, 0.15) is 16.1 Å². The van der Waals surface area contributed by atoms with Crippen molar-refractivity contribution in [1.82, 2.24) is 15.3 Å². The molecule has 0 aliphatic rings. The van der Waals surface area contributed by atoms with Crippen LogP contribution in [-0.2, 0) is 6.54 Å². The molecule has 4 nitrogen and oxygen atoms in total. The Morgan fingerprint density at radius 2 is 2.44 bits per heavy atom. The summed E-state index contributed by atoms with van der Waals surface area (Å²) in [5.41, 5.74) is 1.51. The summed E-state index contributed by atoms with van der Waals surface area (Å²) >= 11 is 3.28. The minimum absolute atomic E-state index is 0.130. The number of aromatic nitrogens is 2. The van der Waals surface area contributed by atoms with Crippen molar-refractivity contribution in [1.29, 1.82) is 0 Å². The molecule has 82 valence electrons. The monoisotopic (exact) mass is 279 g/mol. The zero-order valence-corrected chi connectivity index (χ0v) is 9.99. The molecule has 0 unspecified atom stereocenters. The smallest absolute Gasteiger partial charge is 0.268 e. The molecule has 0 aromatic carbocycles. The predicted octanol–water partition coefficient (Wildman–Crippen LogP) is 2.10. The first-order valence-corrected chi connectivity index (χ1v) is 5.56. The quantitative estimate of drug-likeness (QED) is 0.904. The number of H-pyrrole nitrogens is 1. The van der Waals surface area contributed by atoms with Gasteiger partial charge in [-0.15, -0.1) is 0 Å². The van der Waals surface area contributed by atoms with Crippen molar-refractivity contribution in [2.24, 2.45) is 0 Å². The van der Waals surface area contributed by atoms with Crippen LogP contribution >= 0.6 is 15.9 Å². The number of aromatic amines is 1. The van der Waals surface area contributed by atoms with Gasteiger partial charge in [0.15, 0.2) is 0 Å². The van der Waals surface area contributed by atoms with E-state index in [1.54, 1.807) is 24.7 Å². The minimum atomic E-state index is -0.130. The van der Waals surface area contributed by atoms with Gasteiger partial charge in [-0.2, -0.15) is 0 Å². The highest BCUT2D eigenvalue weighted by molar-refractivity contribution is 9.10. The lowest BCUT2D eigenvalue weighted by atomic mass is 10.3. The zero-order chi connectivity index (χ0) is 11.4. The van der Waals surface area contributed by atoms with Crippen LogP contribution < -0.4 is 5.32 Å². The molecule has 2 heterocycles. The Kier molecular flexibility index (Phi) is 3.36. The minimum Gasteiger partial charge on any atom is -0.356 e. The van der Waals surface area contributed by atoms with Crippen molar-refractivity contribution in [2.45, 2.75) is 6.54 Å². The molecular formula is C11H10BrN3O. The number of rotatable bonds is 3. The third-order valence-corrected chi connectivity index (χ3v) is 2.53. The summed E-state index contributed by atoms with van der Waals surface area (Å²) in [5.74, 6) is -0.130. The lowest BCUT2D eigenvalue weighted by Gasteiger charge is -2.02. The highest BCUT2D eigenvalue weighted by Crippen LogP contribution is 2.10. The Morgan fingerprint density at radius 3 is 3.06 bits per heavy atom. The third-order valence-electron chi connectivity index (χ3n) is 2.07. The van der Waals surface area contributed by atoms with Gasteiger partial charge in [-0.05, 0) is 33.6 Å². The molecule has 5 heteroatoms. The van der Waals surface area contributed by atoms with E-state index >= 15 is 0 Å². The predicted molar refractivity (Wildman–Crippen MR) is 63.9 cm³/mol. The number of nitrogens with one attached hydrogen (secondary N) is 2. The van der Waals surface area contributed by atoms with E-state index in [4.69, 9.17) is 0 Å². The molecule has 0 atom stereocenters. The van der Waals surface area contributed by atoms with Gasteiger partial charge in [0.1, 0.15) is 5.69 Å². The second kappa shape index (κ2) is 4.94. The van der Waals surface area contributed by atoms with Crippen LogP contribution in [0.25, 0.3) is 0 Å². The number of halogens is 1. The van der Waals surface area contributed by atoms with Gasteiger partial charge >= 0.3 is 0 Å². The summed E-state index contributed by atoms with van der Waals surface area (Å²) < 4.78 is 0.860. The Morgan fingerprint density at radius 1 is 1.56 bits per heavy atom. The van der Waals surface area contributed by atoms with Crippen molar-refractivity contribution in [3.05, 3.63) is 52.5 Å². The molecule has 2 rings (SSSR count). The Hall–Kier alpha value is -1.62. The highest BCUT2D eigenvalue weighted by atomic mass is 79.9. The van der Waals surface area contributed by atoms with Crippen molar-refractivity contribution in [2.75, 3.05) is 0 Å². The second-order valence-corrected chi connectivity index (χ2v) is 4.19.